The van der Waals surface area contributed by atoms with Crippen molar-refractivity contribution in [2.24, 2.45) is 0 Å². The Kier molecular flexibility index (Phi) is 3.97. The molecule has 0 aromatic heterocycles. The number of hydrogen-bond donors (Lipinski definition) is 1. The normalized spacial score (nSPS) is 16.6. The van der Waals surface area contributed by atoms with Crippen LogP contribution in [0.5, 0.6) is 0 Å². The van der Waals surface area contributed by atoms with E-state index in [4.69, 9.17) is 17.3 Å². The molecule has 1 saturated heterocycles. The first kappa shape index (κ1) is 13.0. The predicted octanol–water partition coefficient (Wildman–Crippen LogP) is 1.98. The first-order valence-electron chi connectivity index (χ1n) is 6.14. The number of halogens is 1. The van der Waals surface area contributed by atoms with Crippen LogP contribution < -0.4 is 10.6 Å². The van der Waals surface area contributed by atoms with Gasteiger partial charge in [0, 0.05) is 33.1 Å². The standard InChI is InChI=1S/C13H18ClN3O/c1-10(18)16-6-3-7-17(9-8-16)12-5-2-4-11(14)13(12)15/h2,4-5H,3,6-9,15H2,1H3. The van der Waals surface area contributed by atoms with Gasteiger partial charge in [-0.3, -0.25) is 4.79 Å². The molecule has 0 aliphatic carbocycles. The summed E-state index contributed by atoms with van der Waals surface area (Å²) in [4.78, 5) is 15.5. The number of carbonyl (C=O) groups excluding carboxylic acids is 1. The number of carbonyl (C=O) groups is 1. The highest BCUT2D eigenvalue weighted by Gasteiger charge is 2.18. The van der Waals surface area contributed by atoms with Crippen molar-refractivity contribution in [1.29, 1.82) is 0 Å². The second-order valence-corrected chi connectivity index (χ2v) is 4.93. The van der Waals surface area contributed by atoms with Crippen molar-refractivity contribution >= 4 is 28.9 Å². The predicted molar refractivity (Wildman–Crippen MR) is 74.9 cm³/mol. The van der Waals surface area contributed by atoms with E-state index in [0.29, 0.717) is 10.7 Å². The number of benzene rings is 1. The monoisotopic (exact) mass is 267 g/mol. The van der Waals surface area contributed by atoms with Crippen LogP contribution in [0.3, 0.4) is 0 Å². The van der Waals surface area contributed by atoms with E-state index in [9.17, 15) is 4.79 Å². The van der Waals surface area contributed by atoms with Gasteiger partial charge in [-0.2, -0.15) is 0 Å². The van der Waals surface area contributed by atoms with Crippen molar-refractivity contribution in [3.05, 3.63) is 23.2 Å². The molecular weight excluding hydrogens is 250 g/mol. The Balaban J connectivity index is 2.15. The van der Waals surface area contributed by atoms with Gasteiger partial charge in [-0.05, 0) is 18.6 Å². The molecule has 0 saturated carbocycles. The summed E-state index contributed by atoms with van der Waals surface area (Å²) in [5.74, 6) is 0.135. The van der Waals surface area contributed by atoms with Crippen LogP contribution in [-0.4, -0.2) is 37.0 Å². The van der Waals surface area contributed by atoms with Crippen LogP contribution in [0.2, 0.25) is 5.02 Å². The third kappa shape index (κ3) is 2.70. The van der Waals surface area contributed by atoms with Gasteiger partial charge in [0.05, 0.1) is 16.4 Å². The second-order valence-electron chi connectivity index (χ2n) is 4.52. The number of para-hydroxylation sites is 1. The molecule has 98 valence electrons. The van der Waals surface area contributed by atoms with Crippen LogP contribution in [0.25, 0.3) is 0 Å². The van der Waals surface area contributed by atoms with Crippen LogP contribution >= 0.6 is 11.6 Å². The van der Waals surface area contributed by atoms with E-state index in [1.807, 2.05) is 17.0 Å². The molecule has 0 unspecified atom stereocenters. The molecule has 5 heteroatoms. The number of hydrogen-bond acceptors (Lipinski definition) is 3. The van der Waals surface area contributed by atoms with E-state index in [-0.39, 0.29) is 5.91 Å². The molecule has 0 bridgehead atoms. The average molecular weight is 268 g/mol. The number of nitrogens with zero attached hydrogens (tertiary/aromatic N) is 2. The summed E-state index contributed by atoms with van der Waals surface area (Å²) >= 11 is 6.04. The van der Waals surface area contributed by atoms with Crippen LogP contribution in [-0.2, 0) is 4.79 Å². The molecule has 1 heterocycles. The van der Waals surface area contributed by atoms with Crippen LogP contribution in [0.1, 0.15) is 13.3 Å². The Bertz CT molecular complexity index is 450. The van der Waals surface area contributed by atoms with Gasteiger partial charge in [0.2, 0.25) is 5.91 Å². The van der Waals surface area contributed by atoms with Crippen LogP contribution in [0.15, 0.2) is 18.2 Å². The molecule has 4 nitrogen and oxygen atoms in total. The van der Waals surface area contributed by atoms with E-state index < -0.39 is 0 Å². The van der Waals surface area contributed by atoms with E-state index in [0.717, 1.165) is 38.3 Å². The lowest BCUT2D eigenvalue weighted by atomic mass is 10.2. The number of anilines is 2. The average Bonchev–Trinajstić information content (AvgIpc) is 2.58. The maximum atomic E-state index is 11.4. The van der Waals surface area contributed by atoms with Crippen molar-refractivity contribution in [2.75, 3.05) is 36.8 Å². The van der Waals surface area contributed by atoms with E-state index in [1.54, 1.807) is 13.0 Å². The molecule has 1 aromatic carbocycles. The van der Waals surface area contributed by atoms with Gasteiger partial charge in [0.25, 0.3) is 0 Å². The Labute approximate surface area is 112 Å². The topological polar surface area (TPSA) is 49.6 Å². The minimum absolute atomic E-state index is 0.135. The first-order valence-corrected chi connectivity index (χ1v) is 6.52. The molecule has 1 amide bonds. The molecule has 0 atom stereocenters. The Morgan fingerprint density at radius 3 is 2.78 bits per heavy atom. The van der Waals surface area contributed by atoms with Crippen molar-refractivity contribution in [3.63, 3.8) is 0 Å². The minimum atomic E-state index is 0.135. The third-order valence-corrected chi connectivity index (χ3v) is 3.64. The zero-order chi connectivity index (χ0) is 13.1. The van der Waals surface area contributed by atoms with Gasteiger partial charge in [-0.15, -0.1) is 0 Å². The highest BCUT2D eigenvalue weighted by Crippen LogP contribution is 2.30. The summed E-state index contributed by atoms with van der Waals surface area (Å²) in [5, 5.41) is 0.583. The molecule has 0 spiro atoms. The molecule has 1 aliphatic heterocycles. The molecule has 2 rings (SSSR count). The summed E-state index contributed by atoms with van der Waals surface area (Å²) in [7, 11) is 0. The summed E-state index contributed by atoms with van der Waals surface area (Å²) in [6.07, 6.45) is 0.950. The van der Waals surface area contributed by atoms with Crippen molar-refractivity contribution in [3.8, 4) is 0 Å². The Morgan fingerprint density at radius 1 is 1.28 bits per heavy atom. The first-order chi connectivity index (χ1) is 8.59. The number of nitrogen functional groups attached to an aromatic ring is 1. The van der Waals surface area contributed by atoms with Gasteiger partial charge in [-0.1, -0.05) is 17.7 Å². The Hall–Kier alpha value is -1.42. The van der Waals surface area contributed by atoms with Gasteiger partial charge < -0.3 is 15.5 Å². The van der Waals surface area contributed by atoms with E-state index in [1.165, 1.54) is 0 Å². The van der Waals surface area contributed by atoms with Gasteiger partial charge in [0.15, 0.2) is 0 Å². The zero-order valence-electron chi connectivity index (χ0n) is 10.5. The van der Waals surface area contributed by atoms with Crippen molar-refractivity contribution < 1.29 is 4.79 Å². The fourth-order valence-electron chi connectivity index (χ4n) is 2.27. The molecule has 1 aromatic rings. The number of amides is 1. The number of nitrogens with two attached hydrogens (primary N) is 1. The highest BCUT2D eigenvalue weighted by molar-refractivity contribution is 6.33. The van der Waals surface area contributed by atoms with E-state index >= 15 is 0 Å². The SMILES string of the molecule is CC(=O)N1CCCN(c2cccc(Cl)c2N)CC1. The maximum absolute atomic E-state index is 11.4. The molecule has 1 aliphatic rings. The Morgan fingerprint density at radius 2 is 2.06 bits per heavy atom. The quantitative estimate of drug-likeness (QED) is 0.792. The maximum Gasteiger partial charge on any atom is 0.219 e. The smallest absolute Gasteiger partial charge is 0.219 e. The molecular formula is C13H18ClN3O. The van der Waals surface area contributed by atoms with E-state index in [2.05, 4.69) is 4.90 Å². The van der Waals surface area contributed by atoms with Crippen molar-refractivity contribution in [1.82, 2.24) is 4.90 Å². The van der Waals surface area contributed by atoms with Gasteiger partial charge in [0.1, 0.15) is 0 Å². The van der Waals surface area contributed by atoms with Crippen molar-refractivity contribution in [2.45, 2.75) is 13.3 Å². The summed E-state index contributed by atoms with van der Waals surface area (Å²) < 4.78 is 0. The fraction of sp³-hybridized carbons (Fsp3) is 0.462. The number of rotatable bonds is 1. The lowest BCUT2D eigenvalue weighted by molar-refractivity contribution is -0.128. The zero-order valence-corrected chi connectivity index (χ0v) is 11.3. The van der Waals surface area contributed by atoms with Gasteiger partial charge >= 0.3 is 0 Å². The minimum Gasteiger partial charge on any atom is -0.396 e. The van der Waals surface area contributed by atoms with Crippen LogP contribution in [0.4, 0.5) is 11.4 Å². The summed E-state index contributed by atoms with van der Waals surface area (Å²) in [6.45, 7) is 4.86. The fourth-order valence-corrected chi connectivity index (χ4v) is 2.44. The van der Waals surface area contributed by atoms with Crippen LogP contribution in [0, 0.1) is 0 Å². The largest absolute Gasteiger partial charge is 0.396 e. The lowest BCUT2D eigenvalue weighted by Gasteiger charge is -2.25. The lowest BCUT2D eigenvalue weighted by Crippen LogP contribution is -2.33. The molecule has 2 N–H and O–H groups in total. The summed E-state index contributed by atoms with van der Waals surface area (Å²) in [5.41, 5.74) is 7.59. The third-order valence-electron chi connectivity index (χ3n) is 3.31. The molecule has 1 fully saturated rings. The molecule has 18 heavy (non-hydrogen) atoms. The second kappa shape index (κ2) is 5.48. The molecule has 0 radical (unpaired) electrons. The highest BCUT2D eigenvalue weighted by atomic mass is 35.5. The summed E-state index contributed by atoms with van der Waals surface area (Å²) in [6, 6.07) is 5.67. The van der Waals surface area contributed by atoms with Gasteiger partial charge in [-0.25, -0.2) is 0 Å².